The van der Waals surface area contributed by atoms with Crippen molar-refractivity contribution in [3.8, 4) is 0 Å². The van der Waals surface area contributed by atoms with Crippen molar-refractivity contribution < 1.29 is 0 Å². The summed E-state index contributed by atoms with van der Waals surface area (Å²) in [4.78, 5) is 15.9. The van der Waals surface area contributed by atoms with Gasteiger partial charge in [0.15, 0.2) is 0 Å². The van der Waals surface area contributed by atoms with Crippen molar-refractivity contribution in [1.82, 2.24) is 19.8 Å². The van der Waals surface area contributed by atoms with Crippen LogP contribution >= 0.6 is 0 Å². The van der Waals surface area contributed by atoms with E-state index in [1.54, 1.807) is 0 Å². The fraction of sp³-hybridized carbons (Fsp3) is 0.714. The van der Waals surface area contributed by atoms with Gasteiger partial charge in [-0.1, -0.05) is 0 Å². The predicted molar refractivity (Wildman–Crippen MR) is 82.0 cm³/mol. The molecule has 1 aromatic rings. The molecule has 2 N–H and O–H groups in total. The van der Waals surface area contributed by atoms with Crippen molar-refractivity contribution >= 4 is 5.95 Å². The van der Waals surface area contributed by atoms with E-state index in [9.17, 15) is 0 Å². The second kappa shape index (κ2) is 7.52. The van der Waals surface area contributed by atoms with Crippen LogP contribution in [-0.4, -0.2) is 79.7 Å². The van der Waals surface area contributed by atoms with Crippen LogP contribution in [0.25, 0.3) is 0 Å². The van der Waals surface area contributed by atoms with E-state index in [2.05, 4.69) is 38.8 Å². The number of nitrogens with zero attached hydrogens (tertiary/aromatic N) is 5. The van der Waals surface area contributed by atoms with Gasteiger partial charge < -0.3 is 15.5 Å². The zero-order chi connectivity index (χ0) is 14.4. The van der Waals surface area contributed by atoms with Crippen LogP contribution < -0.4 is 10.6 Å². The smallest absolute Gasteiger partial charge is 0.225 e. The van der Waals surface area contributed by atoms with Gasteiger partial charge in [-0.25, -0.2) is 9.97 Å². The Labute approximate surface area is 121 Å². The van der Waals surface area contributed by atoms with E-state index in [4.69, 9.17) is 5.73 Å². The lowest BCUT2D eigenvalue weighted by Gasteiger charge is -2.35. The standard InChI is InChI=1S/C14H26N6/c1-18(2)5-6-19-7-9-20(10-8-19)14-16-11-13(3-4-15)12-17-14/h11-12H,3-10,15H2,1-2H3. The average Bonchev–Trinajstić information content (AvgIpc) is 2.47. The molecule has 6 nitrogen and oxygen atoms in total. The van der Waals surface area contributed by atoms with Gasteiger partial charge in [-0.3, -0.25) is 4.90 Å². The second-order valence-electron chi connectivity index (χ2n) is 5.56. The molecule has 0 spiro atoms. The SMILES string of the molecule is CN(C)CCN1CCN(c2ncc(CCN)cn2)CC1. The van der Waals surface area contributed by atoms with Crippen LogP contribution in [-0.2, 0) is 6.42 Å². The lowest BCUT2D eigenvalue weighted by Crippen LogP contribution is -2.48. The Hall–Kier alpha value is -1.24. The van der Waals surface area contributed by atoms with Crippen molar-refractivity contribution in [3.63, 3.8) is 0 Å². The highest BCUT2D eigenvalue weighted by molar-refractivity contribution is 5.30. The van der Waals surface area contributed by atoms with Crippen molar-refractivity contribution in [2.45, 2.75) is 6.42 Å². The molecule has 112 valence electrons. The first-order chi connectivity index (χ1) is 9.69. The molecule has 0 aromatic carbocycles. The maximum Gasteiger partial charge on any atom is 0.225 e. The van der Waals surface area contributed by atoms with Crippen molar-refractivity contribution in [3.05, 3.63) is 18.0 Å². The Morgan fingerprint density at radius 3 is 2.35 bits per heavy atom. The summed E-state index contributed by atoms with van der Waals surface area (Å²) < 4.78 is 0. The third-order valence-electron chi connectivity index (χ3n) is 3.64. The maximum atomic E-state index is 5.53. The minimum Gasteiger partial charge on any atom is -0.338 e. The molecule has 1 aliphatic heterocycles. The second-order valence-corrected chi connectivity index (χ2v) is 5.56. The number of nitrogens with two attached hydrogens (primary N) is 1. The number of likely N-dealkylation sites (N-methyl/N-ethyl adjacent to an activating group) is 1. The number of piperazine rings is 1. The Bertz CT molecular complexity index is 383. The molecule has 2 heterocycles. The molecule has 0 unspecified atom stereocenters. The van der Waals surface area contributed by atoms with E-state index in [0.29, 0.717) is 6.54 Å². The maximum absolute atomic E-state index is 5.53. The summed E-state index contributed by atoms with van der Waals surface area (Å²) in [5.74, 6) is 0.845. The molecule has 0 aliphatic carbocycles. The number of rotatable bonds is 6. The van der Waals surface area contributed by atoms with E-state index in [-0.39, 0.29) is 0 Å². The van der Waals surface area contributed by atoms with Crippen LogP contribution in [0.15, 0.2) is 12.4 Å². The van der Waals surface area contributed by atoms with E-state index >= 15 is 0 Å². The number of aromatic nitrogens is 2. The molecule has 1 aromatic heterocycles. The van der Waals surface area contributed by atoms with E-state index in [1.165, 1.54) is 0 Å². The van der Waals surface area contributed by atoms with Gasteiger partial charge in [0.05, 0.1) is 0 Å². The monoisotopic (exact) mass is 278 g/mol. The molecule has 0 bridgehead atoms. The molecule has 0 saturated carbocycles. The van der Waals surface area contributed by atoms with Crippen LogP contribution in [0.1, 0.15) is 5.56 Å². The Morgan fingerprint density at radius 1 is 1.15 bits per heavy atom. The highest BCUT2D eigenvalue weighted by atomic mass is 15.3. The first kappa shape index (κ1) is 15.2. The molecular weight excluding hydrogens is 252 g/mol. The van der Waals surface area contributed by atoms with Crippen molar-refractivity contribution in [1.29, 1.82) is 0 Å². The first-order valence-electron chi connectivity index (χ1n) is 7.32. The zero-order valence-corrected chi connectivity index (χ0v) is 12.6. The van der Waals surface area contributed by atoms with Gasteiger partial charge in [0, 0.05) is 51.7 Å². The molecule has 0 radical (unpaired) electrons. The molecular formula is C14H26N6. The van der Waals surface area contributed by atoms with Gasteiger partial charge in [-0.2, -0.15) is 0 Å². The van der Waals surface area contributed by atoms with E-state index < -0.39 is 0 Å². The molecule has 1 saturated heterocycles. The van der Waals surface area contributed by atoms with Crippen molar-refractivity contribution in [2.24, 2.45) is 5.73 Å². The highest BCUT2D eigenvalue weighted by Gasteiger charge is 2.18. The normalized spacial score (nSPS) is 16.9. The average molecular weight is 278 g/mol. The lowest BCUT2D eigenvalue weighted by atomic mass is 10.2. The van der Waals surface area contributed by atoms with Crippen LogP contribution in [0.3, 0.4) is 0 Å². The van der Waals surface area contributed by atoms with Gasteiger partial charge in [-0.05, 0) is 32.6 Å². The van der Waals surface area contributed by atoms with Crippen LogP contribution in [0, 0.1) is 0 Å². The molecule has 1 fully saturated rings. The van der Waals surface area contributed by atoms with Crippen LogP contribution in [0.2, 0.25) is 0 Å². The van der Waals surface area contributed by atoms with Gasteiger partial charge in [-0.15, -0.1) is 0 Å². The summed E-state index contributed by atoms with van der Waals surface area (Å²) >= 11 is 0. The summed E-state index contributed by atoms with van der Waals surface area (Å²) in [6.07, 6.45) is 4.64. The predicted octanol–water partition coefficient (Wildman–Crippen LogP) is -0.339. The minimum atomic E-state index is 0.646. The van der Waals surface area contributed by atoms with E-state index in [0.717, 1.165) is 57.2 Å². The number of anilines is 1. The van der Waals surface area contributed by atoms with Crippen LogP contribution in [0.4, 0.5) is 5.95 Å². The lowest BCUT2D eigenvalue weighted by molar-refractivity contribution is 0.228. The van der Waals surface area contributed by atoms with Crippen LogP contribution in [0.5, 0.6) is 0 Å². The number of hydrogen-bond donors (Lipinski definition) is 1. The minimum absolute atomic E-state index is 0.646. The summed E-state index contributed by atoms with van der Waals surface area (Å²) in [6.45, 7) is 7.07. The Kier molecular flexibility index (Phi) is 5.70. The van der Waals surface area contributed by atoms with Gasteiger partial charge in [0.1, 0.15) is 0 Å². The van der Waals surface area contributed by atoms with Gasteiger partial charge >= 0.3 is 0 Å². The molecule has 6 heteroatoms. The topological polar surface area (TPSA) is 61.5 Å². The molecule has 0 atom stereocenters. The third-order valence-corrected chi connectivity index (χ3v) is 3.64. The highest BCUT2D eigenvalue weighted by Crippen LogP contribution is 2.10. The Morgan fingerprint density at radius 2 is 1.80 bits per heavy atom. The zero-order valence-electron chi connectivity index (χ0n) is 12.6. The third kappa shape index (κ3) is 4.40. The molecule has 1 aliphatic rings. The fourth-order valence-electron chi connectivity index (χ4n) is 2.32. The van der Waals surface area contributed by atoms with E-state index in [1.807, 2.05) is 12.4 Å². The molecule has 0 amide bonds. The largest absolute Gasteiger partial charge is 0.338 e. The number of hydrogen-bond acceptors (Lipinski definition) is 6. The fourth-order valence-corrected chi connectivity index (χ4v) is 2.32. The Balaban J connectivity index is 1.81. The van der Waals surface area contributed by atoms with Gasteiger partial charge in [0.2, 0.25) is 5.95 Å². The van der Waals surface area contributed by atoms with Crippen molar-refractivity contribution in [2.75, 3.05) is 64.8 Å². The molecule has 20 heavy (non-hydrogen) atoms. The quantitative estimate of drug-likeness (QED) is 0.768. The molecule has 2 rings (SSSR count). The first-order valence-corrected chi connectivity index (χ1v) is 7.32. The summed E-state index contributed by atoms with van der Waals surface area (Å²) in [7, 11) is 4.24. The summed E-state index contributed by atoms with van der Waals surface area (Å²) in [5, 5.41) is 0. The summed E-state index contributed by atoms with van der Waals surface area (Å²) in [5.41, 5.74) is 6.64. The summed E-state index contributed by atoms with van der Waals surface area (Å²) in [6, 6.07) is 0. The van der Waals surface area contributed by atoms with Gasteiger partial charge in [0.25, 0.3) is 0 Å².